The number of carbonyl (C=O) groups is 1. The van der Waals surface area contributed by atoms with Gasteiger partial charge in [-0.2, -0.15) is 0 Å². The highest BCUT2D eigenvalue weighted by Gasteiger charge is 2.15. The number of benzene rings is 2. The minimum Gasteiger partial charge on any atom is -0.490 e. The van der Waals surface area contributed by atoms with Crippen LogP contribution >= 0.6 is 0 Å². The Kier molecular flexibility index (Phi) is 5.93. The van der Waals surface area contributed by atoms with Gasteiger partial charge < -0.3 is 19.2 Å². The van der Waals surface area contributed by atoms with Crippen LogP contribution in [-0.2, 0) is 4.74 Å². The molecule has 0 radical (unpaired) electrons. The minimum atomic E-state index is -0.665. The molecule has 28 heavy (non-hydrogen) atoms. The standard InChI is InChI=1S/C21H20FNO5/c1-3-26-21(25)17-12-23-18-10-13(2)19(11-16(18)20(17)24)28-9-8-27-15-6-4-14(22)5-7-15/h4-7,10-12H,3,8-9H2,1-2H3,(H,23,24). The summed E-state index contributed by atoms with van der Waals surface area (Å²) in [6.07, 6.45) is 1.36. The maximum absolute atomic E-state index is 12.9. The number of aromatic amines is 1. The molecule has 0 spiro atoms. The first-order valence-electron chi connectivity index (χ1n) is 8.84. The zero-order valence-electron chi connectivity index (χ0n) is 15.6. The number of carbonyl (C=O) groups excluding carboxylic acids is 1. The van der Waals surface area contributed by atoms with E-state index in [1.165, 1.54) is 30.5 Å². The number of esters is 1. The lowest BCUT2D eigenvalue weighted by Gasteiger charge is -2.12. The van der Waals surface area contributed by atoms with Crippen LogP contribution in [0.1, 0.15) is 22.8 Å². The van der Waals surface area contributed by atoms with Crippen molar-refractivity contribution in [3.63, 3.8) is 0 Å². The van der Waals surface area contributed by atoms with E-state index in [9.17, 15) is 14.0 Å². The smallest absolute Gasteiger partial charge is 0.343 e. The second kappa shape index (κ2) is 8.56. The van der Waals surface area contributed by atoms with E-state index in [4.69, 9.17) is 14.2 Å². The van der Waals surface area contributed by atoms with E-state index in [1.807, 2.05) is 6.92 Å². The van der Waals surface area contributed by atoms with Gasteiger partial charge >= 0.3 is 5.97 Å². The summed E-state index contributed by atoms with van der Waals surface area (Å²) >= 11 is 0. The molecule has 0 aliphatic rings. The third kappa shape index (κ3) is 4.31. The molecule has 0 bridgehead atoms. The molecule has 146 valence electrons. The molecule has 6 nitrogen and oxygen atoms in total. The Morgan fingerprint density at radius 2 is 1.82 bits per heavy atom. The van der Waals surface area contributed by atoms with E-state index in [0.29, 0.717) is 22.4 Å². The van der Waals surface area contributed by atoms with Crippen LogP contribution in [0.15, 0.2) is 47.4 Å². The molecule has 1 N–H and O–H groups in total. The van der Waals surface area contributed by atoms with Crippen molar-refractivity contribution in [2.75, 3.05) is 19.8 Å². The Hall–Kier alpha value is -3.35. The first-order chi connectivity index (χ1) is 13.5. The fraction of sp³-hybridized carbons (Fsp3) is 0.238. The Morgan fingerprint density at radius 3 is 2.54 bits per heavy atom. The Labute approximate surface area is 160 Å². The topological polar surface area (TPSA) is 77.6 Å². The van der Waals surface area contributed by atoms with Crippen molar-refractivity contribution >= 4 is 16.9 Å². The van der Waals surface area contributed by atoms with Gasteiger partial charge in [0.05, 0.1) is 12.0 Å². The molecule has 0 amide bonds. The van der Waals surface area contributed by atoms with Gasteiger partial charge in [0.2, 0.25) is 5.43 Å². The average Bonchev–Trinajstić information content (AvgIpc) is 2.67. The Morgan fingerprint density at radius 1 is 1.11 bits per heavy atom. The van der Waals surface area contributed by atoms with Crippen molar-refractivity contribution in [3.05, 3.63) is 69.8 Å². The first kappa shape index (κ1) is 19.4. The summed E-state index contributed by atoms with van der Waals surface area (Å²) in [6, 6.07) is 9.08. The number of H-pyrrole nitrogens is 1. The van der Waals surface area contributed by atoms with E-state index >= 15 is 0 Å². The van der Waals surface area contributed by atoms with E-state index in [1.54, 1.807) is 19.1 Å². The fourth-order valence-corrected chi connectivity index (χ4v) is 2.71. The molecule has 2 aromatic carbocycles. The monoisotopic (exact) mass is 385 g/mol. The van der Waals surface area contributed by atoms with Crippen LogP contribution in [0.4, 0.5) is 4.39 Å². The number of aromatic nitrogens is 1. The number of nitrogens with one attached hydrogen (secondary N) is 1. The highest BCUT2D eigenvalue weighted by Crippen LogP contribution is 2.23. The molecule has 0 saturated heterocycles. The highest BCUT2D eigenvalue weighted by atomic mass is 19.1. The summed E-state index contributed by atoms with van der Waals surface area (Å²) in [5.74, 6) is 0.0571. The van der Waals surface area contributed by atoms with E-state index in [0.717, 1.165) is 5.56 Å². The zero-order valence-corrected chi connectivity index (χ0v) is 15.6. The maximum Gasteiger partial charge on any atom is 0.343 e. The van der Waals surface area contributed by atoms with Gasteiger partial charge in [0.15, 0.2) is 0 Å². The number of aryl methyl sites for hydroxylation is 1. The van der Waals surface area contributed by atoms with Crippen molar-refractivity contribution in [3.8, 4) is 11.5 Å². The van der Waals surface area contributed by atoms with E-state index in [-0.39, 0.29) is 31.2 Å². The lowest BCUT2D eigenvalue weighted by molar-refractivity contribution is 0.0524. The van der Waals surface area contributed by atoms with E-state index < -0.39 is 11.4 Å². The molecule has 0 saturated carbocycles. The van der Waals surface area contributed by atoms with Crippen LogP contribution in [0.25, 0.3) is 10.9 Å². The summed E-state index contributed by atoms with van der Waals surface area (Å²) < 4.78 is 29.0. The number of hydrogen-bond donors (Lipinski definition) is 1. The molecule has 1 heterocycles. The molecule has 0 fully saturated rings. The SMILES string of the molecule is CCOC(=O)c1c[nH]c2cc(C)c(OCCOc3ccc(F)cc3)cc2c1=O. The highest BCUT2D eigenvalue weighted by molar-refractivity contribution is 5.94. The number of halogens is 1. The third-order valence-corrected chi connectivity index (χ3v) is 4.09. The van der Waals surface area contributed by atoms with Crippen molar-refractivity contribution in [1.29, 1.82) is 0 Å². The molecule has 0 aliphatic carbocycles. The predicted octanol–water partition coefficient (Wildman–Crippen LogP) is 3.61. The number of fused-ring (bicyclic) bond motifs is 1. The number of pyridine rings is 1. The number of hydrogen-bond acceptors (Lipinski definition) is 5. The Balaban J connectivity index is 1.74. The first-order valence-corrected chi connectivity index (χ1v) is 8.84. The second-order valence-corrected chi connectivity index (χ2v) is 6.07. The van der Waals surface area contributed by atoms with Crippen molar-refractivity contribution in [2.45, 2.75) is 13.8 Å². The van der Waals surface area contributed by atoms with Gasteiger partial charge in [0.25, 0.3) is 0 Å². The molecule has 1 aromatic heterocycles. The Bertz CT molecular complexity index is 1040. The van der Waals surface area contributed by atoms with Gasteiger partial charge in [-0.05, 0) is 55.8 Å². The summed E-state index contributed by atoms with van der Waals surface area (Å²) in [5.41, 5.74) is 0.961. The quantitative estimate of drug-likeness (QED) is 0.497. The van der Waals surface area contributed by atoms with Crippen molar-refractivity contribution in [1.82, 2.24) is 4.98 Å². The van der Waals surface area contributed by atoms with Crippen LogP contribution < -0.4 is 14.9 Å². The van der Waals surface area contributed by atoms with Crippen molar-refractivity contribution < 1.29 is 23.4 Å². The van der Waals surface area contributed by atoms with Gasteiger partial charge in [-0.15, -0.1) is 0 Å². The fourth-order valence-electron chi connectivity index (χ4n) is 2.71. The summed E-state index contributed by atoms with van der Waals surface area (Å²) in [5, 5.41) is 0.339. The molecular formula is C21H20FNO5. The van der Waals surface area contributed by atoms with Gasteiger partial charge in [0.1, 0.15) is 36.1 Å². The predicted molar refractivity (Wildman–Crippen MR) is 103 cm³/mol. The summed E-state index contributed by atoms with van der Waals surface area (Å²) in [7, 11) is 0. The number of ether oxygens (including phenoxy) is 3. The lowest BCUT2D eigenvalue weighted by Crippen LogP contribution is -2.18. The zero-order chi connectivity index (χ0) is 20.1. The van der Waals surface area contributed by atoms with Crippen LogP contribution in [0.2, 0.25) is 0 Å². The second-order valence-electron chi connectivity index (χ2n) is 6.07. The van der Waals surface area contributed by atoms with Gasteiger partial charge in [-0.3, -0.25) is 4.79 Å². The van der Waals surface area contributed by atoms with Crippen LogP contribution in [0, 0.1) is 12.7 Å². The molecular weight excluding hydrogens is 365 g/mol. The summed E-state index contributed by atoms with van der Waals surface area (Å²) in [6.45, 7) is 4.21. The molecule has 7 heteroatoms. The maximum atomic E-state index is 12.9. The van der Waals surface area contributed by atoms with Gasteiger partial charge in [0, 0.05) is 11.7 Å². The molecule has 0 unspecified atom stereocenters. The molecule has 0 aliphatic heterocycles. The number of rotatable bonds is 7. The average molecular weight is 385 g/mol. The molecule has 3 rings (SSSR count). The lowest BCUT2D eigenvalue weighted by atomic mass is 10.1. The van der Waals surface area contributed by atoms with Crippen LogP contribution in [0.3, 0.4) is 0 Å². The molecule has 0 atom stereocenters. The normalized spacial score (nSPS) is 10.7. The summed E-state index contributed by atoms with van der Waals surface area (Å²) in [4.78, 5) is 27.5. The van der Waals surface area contributed by atoms with Crippen molar-refractivity contribution in [2.24, 2.45) is 0 Å². The third-order valence-electron chi connectivity index (χ3n) is 4.09. The van der Waals surface area contributed by atoms with Gasteiger partial charge in [-0.1, -0.05) is 0 Å². The minimum absolute atomic E-state index is 0.0520. The van der Waals surface area contributed by atoms with Crippen LogP contribution in [0.5, 0.6) is 11.5 Å². The largest absolute Gasteiger partial charge is 0.490 e. The van der Waals surface area contributed by atoms with E-state index in [2.05, 4.69) is 4.98 Å². The van der Waals surface area contributed by atoms with Crippen LogP contribution in [-0.4, -0.2) is 30.8 Å². The molecule has 3 aromatic rings. The van der Waals surface area contributed by atoms with Gasteiger partial charge in [-0.25, -0.2) is 9.18 Å².